The van der Waals surface area contributed by atoms with Gasteiger partial charge in [0.1, 0.15) is 0 Å². The number of hydrogen-bond donors (Lipinski definition) is 1. The summed E-state index contributed by atoms with van der Waals surface area (Å²) in [6, 6.07) is 8.46. The molecule has 1 aliphatic heterocycles. The molecule has 0 radical (unpaired) electrons. The Hall–Kier alpha value is -2.63. The van der Waals surface area contributed by atoms with Crippen molar-refractivity contribution in [3.8, 4) is 11.6 Å². The predicted molar refractivity (Wildman–Crippen MR) is 74.2 cm³/mol. The standard InChI is InChI=1S/C14H13N3O3/c18-17(19)11-6-8-15-13(9-11)20-12-5-1-3-10-4-2-7-16-14(10)12/h1,3,5-6,8-9,16H,2,4,7H2. The molecule has 0 atom stereocenters. The Morgan fingerprint density at radius 3 is 3.10 bits per heavy atom. The van der Waals surface area contributed by atoms with Gasteiger partial charge in [0, 0.05) is 18.8 Å². The lowest BCUT2D eigenvalue weighted by molar-refractivity contribution is -0.385. The van der Waals surface area contributed by atoms with Crippen LogP contribution in [0, 0.1) is 10.1 Å². The highest BCUT2D eigenvalue weighted by atomic mass is 16.6. The van der Waals surface area contributed by atoms with Gasteiger partial charge in [-0.3, -0.25) is 10.1 Å². The Kier molecular flexibility index (Phi) is 3.20. The molecule has 0 unspecified atom stereocenters. The van der Waals surface area contributed by atoms with Crippen LogP contribution in [0.1, 0.15) is 12.0 Å². The largest absolute Gasteiger partial charge is 0.437 e. The number of pyridine rings is 1. The first-order valence-electron chi connectivity index (χ1n) is 6.38. The van der Waals surface area contributed by atoms with Gasteiger partial charge >= 0.3 is 0 Å². The highest BCUT2D eigenvalue weighted by Gasteiger charge is 2.15. The number of aromatic nitrogens is 1. The lowest BCUT2D eigenvalue weighted by atomic mass is 10.0. The van der Waals surface area contributed by atoms with E-state index in [1.54, 1.807) is 0 Å². The molecule has 3 rings (SSSR count). The molecular weight excluding hydrogens is 258 g/mol. The van der Waals surface area contributed by atoms with Gasteiger partial charge in [0.05, 0.1) is 16.7 Å². The molecule has 102 valence electrons. The summed E-state index contributed by atoms with van der Waals surface area (Å²) in [4.78, 5) is 14.3. The first kappa shape index (κ1) is 12.4. The second-order valence-corrected chi connectivity index (χ2v) is 4.53. The average Bonchev–Trinajstić information content (AvgIpc) is 2.48. The van der Waals surface area contributed by atoms with Gasteiger partial charge in [-0.2, -0.15) is 0 Å². The fraction of sp³-hybridized carbons (Fsp3) is 0.214. The van der Waals surface area contributed by atoms with E-state index in [9.17, 15) is 10.1 Å². The maximum absolute atomic E-state index is 10.7. The van der Waals surface area contributed by atoms with Gasteiger partial charge < -0.3 is 10.1 Å². The molecule has 6 heteroatoms. The molecule has 0 spiro atoms. The van der Waals surface area contributed by atoms with Crippen molar-refractivity contribution in [2.75, 3.05) is 11.9 Å². The Balaban J connectivity index is 1.91. The third-order valence-corrected chi connectivity index (χ3v) is 3.18. The van der Waals surface area contributed by atoms with Gasteiger partial charge in [0.25, 0.3) is 5.69 Å². The van der Waals surface area contributed by atoms with Gasteiger partial charge in [-0.05, 0) is 24.5 Å². The highest BCUT2D eigenvalue weighted by Crippen LogP contribution is 2.35. The summed E-state index contributed by atoms with van der Waals surface area (Å²) in [7, 11) is 0. The quantitative estimate of drug-likeness (QED) is 0.685. The Bertz CT molecular complexity index is 658. The molecule has 0 aliphatic carbocycles. The number of aryl methyl sites for hydroxylation is 1. The van der Waals surface area contributed by atoms with Crippen LogP contribution >= 0.6 is 0 Å². The smallest absolute Gasteiger partial charge is 0.276 e. The molecule has 20 heavy (non-hydrogen) atoms. The van der Waals surface area contributed by atoms with E-state index in [1.165, 1.54) is 23.9 Å². The van der Waals surface area contributed by atoms with E-state index < -0.39 is 4.92 Å². The molecule has 1 aliphatic rings. The normalized spacial score (nSPS) is 13.2. The summed E-state index contributed by atoms with van der Waals surface area (Å²) in [5.74, 6) is 0.871. The third kappa shape index (κ3) is 2.40. The Labute approximate surface area is 115 Å². The molecule has 0 amide bonds. The number of nitrogens with zero attached hydrogens (tertiary/aromatic N) is 2. The highest BCUT2D eigenvalue weighted by molar-refractivity contribution is 5.64. The molecule has 2 heterocycles. The number of rotatable bonds is 3. The van der Waals surface area contributed by atoms with Crippen LogP contribution in [-0.4, -0.2) is 16.5 Å². The van der Waals surface area contributed by atoms with Gasteiger partial charge in [0.15, 0.2) is 5.75 Å². The average molecular weight is 271 g/mol. The lowest BCUT2D eigenvalue weighted by Crippen LogP contribution is -2.12. The summed E-state index contributed by atoms with van der Waals surface area (Å²) in [6.07, 6.45) is 3.46. The topological polar surface area (TPSA) is 77.3 Å². The van der Waals surface area contributed by atoms with E-state index in [-0.39, 0.29) is 11.6 Å². The lowest BCUT2D eigenvalue weighted by Gasteiger charge is -2.20. The predicted octanol–water partition coefficient (Wildman–Crippen LogP) is 3.14. The number of nitro groups is 1. The van der Waals surface area contributed by atoms with E-state index in [2.05, 4.69) is 16.4 Å². The minimum atomic E-state index is -0.465. The summed E-state index contributed by atoms with van der Waals surface area (Å²) in [6.45, 7) is 0.899. The second-order valence-electron chi connectivity index (χ2n) is 4.53. The second kappa shape index (κ2) is 5.16. The molecule has 0 bridgehead atoms. The van der Waals surface area contributed by atoms with Gasteiger partial charge in [0.2, 0.25) is 5.88 Å². The molecule has 0 saturated carbocycles. The number of ether oxygens (including phenoxy) is 1. The van der Waals surface area contributed by atoms with E-state index in [1.807, 2.05) is 12.1 Å². The van der Waals surface area contributed by atoms with Crippen LogP contribution in [0.25, 0.3) is 0 Å². The van der Waals surface area contributed by atoms with Crippen molar-refractivity contribution in [2.24, 2.45) is 0 Å². The molecule has 1 aromatic heterocycles. The van der Waals surface area contributed by atoms with Crippen LogP contribution in [0.5, 0.6) is 11.6 Å². The van der Waals surface area contributed by atoms with Crippen molar-refractivity contribution in [3.63, 3.8) is 0 Å². The zero-order valence-corrected chi connectivity index (χ0v) is 10.7. The summed E-state index contributed by atoms with van der Waals surface area (Å²) >= 11 is 0. The van der Waals surface area contributed by atoms with Gasteiger partial charge in [-0.15, -0.1) is 0 Å². The number of hydrogen-bond acceptors (Lipinski definition) is 5. The third-order valence-electron chi connectivity index (χ3n) is 3.18. The monoisotopic (exact) mass is 271 g/mol. The van der Waals surface area contributed by atoms with Crippen molar-refractivity contribution in [3.05, 3.63) is 52.2 Å². The van der Waals surface area contributed by atoms with Crippen LogP contribution in [0.15, 0.2) is 36.5 Å². The number of benzene rings is 1. The van der Waals surface area contributed by atoms with Crippen LogP contribution in [0.4, 0.5) is 11.4 Å². The molecule has 6 nitrogen and oxygen atoms in total. The maximum atomic E-state index is 10.7. The minimum Gasteiger partial charge on any atom is -0.437 e. The van der Waals surface area contributed by atoms with Crippen molar-refractivity contribution in [1.82, 2.24) is 4.98 Å². The van der Waals surface area contributed by atoms with Crippen LogP contribution in [-0.2, 0) is 6.42 Å². The van der Waals surface area contributed by atoms with Crippen LogP contribution < -0.4 is 10.1 Å². The molecule has 1 aromatic carbocycles. The number of fused-ring (bicyclic) bond motifs is 1. The van der Waals surface area contributed by atoms with Crippen molar-refractivity contribution >= 4 is 11.4 Å². The first-order valence-corrected chi connectivity index (χ1v) is 6.38. The number of para-hydroxylation sites is 1. The van der Waals surface area contributed by atoms with Gasteiger partial charge in [-0.25, -0.2) is 4.98 Å². The summed E-state index contributed by atoms with van der Waals surface area (Å²) in [5, 5.41) is 14.1. The zero-order valence-electron chi connectivity index (χ0n) is 10.7. The maximum Gasteiger partial charge on any atom is 0.276 e. The van der Waals surface area contributed by atoms with E-state index in [4.69, 9.17) is 4.74 Å². The minimum absolute atomic E-state index is 0.0345. The van der Waals surface area contributed by atoms with Crippen molar-refractivity contribution < 1.29 is 9.66 Å². The molecule has 2 aromatic rings. The molecule has 0 saturated heterocycles. The van der Waals surface area contributed by atoms with Crippen molar-refractivity contribution in [2.45, 2.75) is 12.8 Å². The number of nitrogens with one attached hydrogen (secondary N) is 1. The zero-order chi connectivity index (χ0) is 13.9. The molecular formula is C14H13N3O3. The molecule has 1 N–H and O–H groups in total. The Morgan fingerprint density at radius 1 is 1.35 bits per heavy atom. The summed E-state index contributed by atoms with van der Waals surface area (Å²) < 4.78 is 5.69. The van der Waals surface area contributed by atoms with E-state index in [0.717, 1.165) is 25.1 Å². The SMILES string of the molecule is O=[N+]([O-])c1ccnc(Oc2cccc3c2NCCC3)c1. The van der Waals surface area contributed by atoms with E-state index in [0.29, 0.717) is 5.75 Å². The van der Waals surface area contributed by atoms with E-state index >= 15 is 0 Å². The number of anilines is 1. The summed E-state index contributed by atoms with van der Waals surface area (Å²) in [5.41, 5.74) is 2.11. The Morgan fingerprint density at radius 2 is 2.25 bits per heavy atom. The molecule has 0 fully saturated rings. The van der Waals surface area contributed by atoms with Crippen LogP contribution in [0.3, 0.4) is 0 Å². The first-order chi connectivity index (χ1) is 9.74. The fourth-order valence-electron chi connectivity index (χ4n) is 2.24. The van der Waals surface area contributed by atoms with Crippen molar-refractivity contribution in [1.29, 1.82) is 0 Å². The fourth-order valence-corrected chi connectivity index (χ4v) is 2.24. The van der Waals surface area contributed by atoms with Crippen LogP contribution in [0.2, 0.25) is 0 Å². The van der Waals surface area contributed by atoms with Gasteiger partial charge in [-0.1, -0.05) is 12.1 Å².